The zero-order chi connectivity index (χ0) is 22.3. The quantitative estimate of drug-likeness (QED) is 0.684. The van der Waals surface area contributed by atoms with Gasteiger partial charge in [-0.15, -0.1) is 0 Å². The second-order valence-corrected chi connectivity index (χ2v) is 9.27. The van der Waals surface area contributed by atoms with Gasteiger partial charge in [-0.05, 0) is 44.2 Å². The Hall–Kier alpha value is -2.78. The first-order valence-electron chi connectivity index (χ1n) is 10.2. The van der Waals surface area contributed by atoms with Crippen LogP contribution in [0.25, 0.3) is 0 Å². The van der Waals surface area contributed by atoms with Crippen molar-refractivity contribution in [2.24, 2.45) is 4.99 Å². The van der Waals surface area contributed by atoms with Crippen LogP contribution in [-0.4, -0.2) is 45.2 Å². The molecule has 1 amide bonds. The Morgan fingerprint density at radius 2 is 1.94 bits per heavy atom. The number of carbonyl (C=O) groups is 1. The van der Waals surface area contributed by atoms with Crippen molar-refractivity contribution in [1.82, 2.24) is 9.62 Å². The van der Waals surface area contributed by atoms with Gasteiger partial charge in [0.25, 0.3) is 10.0 Å². The second-order valence-electron chi connectivity index (χ2n) is 7.58. The fourth-order valence-corrected chi connectivity index (χ4v) is 4.47. The minimum atomic E-state index is -3.79. The van der Waals surface area contributed by atoms with Crippen molar-refractivity contribution in [2.75, 3.05) is 25.5 Å². The normalized spacial score (nSPS) is 14.6. The minimum Gasteiger partial charge on any atom is -0.325 e. The molecule has 0 radical (unpaired) electrons. The predicted molar refractivity (Wildman–Crippen MR) is 119 cm³/mol. The van der Waals surface area contributed by atoms with Gasteiger partial charge in [0, 0.05) is 30.8 Å². The molecule has 0 unspecified atom stereocenters. The monoisotopic (exact) mass is 446 g/mol. The zero-order valence-electron chi connectivity index (χ0n) is 17.5. The standard InChI is InChI=1S/C22H27FN4O3S/c1-27(15-17-8-4-5-11-20(17)23)16-22(28)25-18-9-7-10-19(14-18)31(29,30)26-21-12-3-2-6-13-24-21/h4-5,7-11,14H,2-3,6,12-13,15-16H2,1H3,(H,24,26)(H,25,28). The number of amidine groups is 1. The molecule has 0 bridgehead atoms. The van der Waals surface area contributed by atoms with Crippen LogP contribution in [-0.2, 0) is 21.4 Å². The van der Waals surface area contributed by atoms with E-state index in [0.717, 1.165) is 19.3 Å². The molecule has 1 aliphatic rings. The SMILES string of the molecule is CN(CC(=O)Nc1cccc(S(=O)(=O)NC2=NCCCCC2)c1)Cc1ccccc1F. The number of carbonyl (C=O) groups excluding carboxylic acids is 1. The summed E-state index contributed by atoms with van der Waals surface area (Å²) in [6.07, 6.45) is 3.49. The van der Waals surface area contributed by atoms with E-state index in [9.17, 15) is 17.6 Å². The van der Waals surface area contributed by atoms with Crippen LogP contribution in [0.4, 0.5) is 10.1 Å². The number of anilines is 1. The molecule has 0 aliphatic carbocycles. The Morgan fingerprint density at radius 3 is 2.74 bits per heavy atom. The molecular formula is C22H27FN4O3S. The van der Waals surface area contributed by atoms with Gasteiger partial charge < -0.3 is 5.32 Å². The van der Waals surface area contributed by atoms with Crippen LogP contribution in [0.15, 0.2) is 58.4 Å². The average molecular weight is 447 g/mol. The van der Waals surface area contributed by atoms with Gasteiger partial charge in [-0.2, -0.15) is 0 Å². The van der Waals surface area contributed by atoms with Crippen LogP contribution in [0.3, 0.4) is 0 Å². The predicted octanol–water partition coefficient (Wildman–Crippen LogP) is 3.15. The number of hydrogen-bond acceptors (Lipinski definition) is 5. The van der Waals surface area contributed by atoms with E-state index in [1.54, 1.807) is 42.3 Å². The number of amides is 1. The number of rotatable bonds is 7. The van der Waals surface area contributed by atoms with Crippen molar-refractivity contribution in [1.29, 1.82) is 0 Å². The maximum absolute atomic E-state index is 13.8. The molecule has 0 aromatic heterocycles. The number of benzene rings is 2. The molecule has 31 heavy (non-hydrogen) atoms. The molecule has 2 N–H and O–H groups in total. The van der Waals surface area contributed by atoms with Crippen LogP contribution in [0.1, 0.15) is 31.2 Å². The van der Waals surface area contributed by atoms with Crippen molar-refractivity contribution >= 4 is 27.5 Å². The summed E-state index contributed by atoms with van der Waals surface area (Å²) in [5.41, 5.74) is 0.869. The van der Waals surface area contributed by atoms with Crippen molar-refractivity contribution < 1.29 is 17.6 Å². The van der Waals surface area contributed by atoms with Gasteiger partial charge in [0.05, 0.1) is 11.4 Å². The summed E-state index contributed by atoms with van der Waals surface area (Å²) in [6.45, 7) is 0.926. The third-order valence-corrected chi connectivity index (χ3v) is 6.25. The van der Waals surface area contributed by atoms with E-state index in [2.05, 4.69) is 15.0 Å². The van der Waals surface area contributed by atoms with Gasteiger partial charge >= 0.3 is 0 Å². The maximum atomic E-state index is 13.8. The first-order chi connectivity index (χ1) is 14.8. The van der Waals surface area contributed by atoms with Crippen LogP contribution in [0, 0.1) is 5.82 Å². The summed E-state index contributed by atoms with van der Waals surface area (Å²) in [4.78, 5) is 18.4. The second kappa shape index (κ2) is 10.5. The summed E-state index contributed by atoms with van der Waals surface area (Å²) in [5, 5.41) is 2.70. The highest BCUT2D eigenvalue weighted by molar-refractivity contribution is 7.90. The van der Waals surface area contributed by atoms with E-state index in [0.29, 0.717) is 30.1 Å². The molecule has 0 spiro atoms. The summed E-state index contributed by atoms with van der Waals surface area (Å²) < 4.78 is 41.8. The lowest BCUT2D eigenvalue weighted by atomic mass is 10.2. The molecule has 0 fully saturated rings. The first-order valence-corrected chi connectivity index (χ1v) is 11.7. The molecule has 0 saturated carbocycles. The van der Waals surface area contributed by atoms with Gasteiger partial charge in [-0.3, -0.25) is 19.4 Å². The Bertz CT molecular complexity index is 1060. The van der Waals surface area contributed by atoms with Crippen molar-refractivity contribution in [3.05, 3.63) is 59.9 Å². The minimum absolute atomic E-state index is 0.0281. The molecule has 3 rings (SSSR count). The molecule has 1 aliphatic heterocycles. The Balaban J connectivity index is 1.61. The Labute approximate surface area is 182 Å². The molecule has 7 nitrogen and oxygen atoms in total. The van der Waals surface area contributed by atoms with E-state index in [4.69, 9.17) is 0 Å². The molecular weight excluding hydrogens is 419 g/mol. The third kappa shape index (κ3) is 6.86. The number of nitrogens with one attached hydrogen (secondary N) is 2. The molecule has 0 atom stereocenters. The lowest BCUT2D eigenvalue weighted by Crippen LogP contribution is -2.31. The molecule has 166 valence electrons. The highest BCUT2D eigenvalue weighted by Crippen LogP contribution is 2.17. The van der Waals surface area contributed by atoms with Crippen LogP contribution < -0.4 is 10.0 Å². The highest BCUT2D eigenvalue weighted by atomic mass is 32.2. The third-order valence-electron chi connectivity index (χ3n) is 4.87. The smallest absolute Gasteiger partial charge is 0.262 e. The molecule has 2 aromatic carbocycles. The zero-order valence-corrected chi connectivity index (χ0v) is 18.3. The van der Waals surface area contributed by atoms with Crippen molar-refractivity contribution in [3.8, 4) is 0 Å². The van der Waals surface area contributed by atoms with Gasteiger partial charge in [-0.1, -0.05) is 30.7 Å². The summed E-state index contributed by atoms with van der Waals surface area (Å²) >= 11 is 0. The lowest BCUT2D eigenvalue weighted by Gasteiger charge is -2.17. The largest absolute Gasteiger partial charge is 0.325 e. The van der Waals surface area contributed by atoms with Gasteiger partial charge in [-0.25, -0.2) is 12.8 Å². The van der Waals surface area contributed by atoms with Crippen molar-refractivity contribution in [2.45, 2.75) is 37.1 Å². The number of nitrogens with zero attached hydrogens (tertiary/aromatic N) is 2. The summed E-state index contributed by atoms with van der Waals surface area (Å²) in [7, 11) is -2.07. The number of halogens is 1. The molecule has 2 aromatic rings. The van der Waals surface area contributed by atoms with E-state index in [1.165, 1.54) is 18.2 Å². The van der Waals surface area contributed by atoms with Crippen LogP contribution in [0.2, 0.25) is 0 Å². The number of hydrogen-bond donors (Lipinski definition) is 2. The fourth-order valence-electron chi connectivity index (χ4n) is 3.33. The number of aliphatic imine (C=N–C) groups is 1. The van der Waals surface area contributed by atoms with Gasteiger partial charge in [0.1, 0.15) is 11.7 Å². The van der Waals surface area contributed by atoms with Crippen LogP contribution in [0.5, 0.6) is 0 Å². The first kappa shape index (κ1) is 22.9. The number of sulfonamides is 1. The summed E-state index contributed by atoms with van der Waals surface area (Å²) in [5.74, 6) is -0.172. The topological polar surface area (TPSA) is 90.9 Å². The Morgan fingerprint density at radius 1 is 1.13 bits per heavy atom. The summed E-state index contributed by atoms with van der Waals surface area (Å²) in [6, 6.07) is 12.5. The fraction of sp³-hybridized carbons (Fsp3) is 0.364. The molecule has 9 heteroatoms. The Kier molecular flexibility index (Phi) is 7.75. The highest BCUT2D eigenvalue weighted by Gasteiger charge is 2.18. The van der Waals surface area contributed by atoms with E-state index < -0.39 is 10.0 Å². The van der Waals surface area contributed by atoms with Crippen LogP contribution >= 0.6 is 0 Å². The molecule has 0 saturated heterocycles. The van der Waals surface area contributed by atoms with Crippen molar-refractivity contribution in [3.63, 3.8) is 0 Å². The molecule has 1 heterocycles. The van der Waals surface area contributed by atoms with Gasteiger partial charge in [0.2, 0.25) is 5.91 Å². The average Bonchev–Trinajstić information content (AvgIpc) is 2.98. The van der Waals surface area contributed by atoms with E-state index >= 15 is 0 Å². The maximum Gasteiger partial charge on any atom is 0.262 e. The van der Waals surface area contributed by atoms with E-state index in [1.807, 2.05) is 0 Å². The van der Waals surface area contributed by atoms with Gasteiger partial charge in [0.15, 0.2) is 0 Å². The lowest BCUT2D eigenvalue weighted by molar-refractivity contribution is -0.117. The van der Waals surface area contributed by atoms with E-state index in [-0.39, 0.29) is 29.7 Å². The number of likely N-dealkylation sites (N-methyl/N-ethyl adjacent to an activating group) is 1.